The summed E-state index contributed by atoms with van der Waals surface area (Å²) in [6, 6.07) is 11.8. The van der Waals surface area contributed by atoms with E-state index in [0.717, 1.165) is 36.0 Å². The molecule has 0 fully saturated rings. The van der Waals surface area contributed by atoms with Gasteiger partial charge in [-0.05, 0) is 73.0 Å². The number of likely N-dealkylation sites (N-methyl/N-ethyl adjacent to an activating group) is 1. The van der Waals surface area contributed by atoms with E-state index in [-0.39, 0.29) is 30.3 Å². The topological polar surface area (TPSA) is 144 Å². The molecule has 2 aromatic rings. The summed E-state index contributed by atoms with van der Waals surface area (Å²) < 4.78 is 16.9. The number of nitrogens with zero attached hydrogens (tertiary/aromatic N) is 1. The van der Waals surface area contributed by atoms with Crippen LogP contribution in [0.1, 0.15) is 68.8 Å². The molecular formula is C36H53N5O6. The molecule has 4 rings (SSSR count). The number of ether oxygens (including phenoxy) is 3. The molecule has 11 heteroatoms. The summed E-state index contributed by atoms with van der Waals surface area (Å²) in [5.74, 6) is -0.104. The van der Waals surface area contributed by atoms with Crippen molar-refractivity contribution in [1.82, 2.24) is 20.9 Å². The van der Waals surface area contributed by atoms with Crippen LogP contribution in [0.4, 0.5) is 0 Å². The van der Waals surface area contributed by atoms with Crippen LogP contribution in [0.5, 0.6) is 5.75 Å². The monoisotopic (exact) mass is 651 g/mol. The highest BCUT2D eigenvalue weighted by atomic mass is 16.5. The minimum Gasteiger partial charge on any atom is -0.491 e. The van der Waals surface area contributed by atoms with E-state index in [2.05, 4.69) is 28.1 Å². The summed E-state index contributed by atoms with van der Waals surface area (Å²) in [7, 11) is 1.70. The molecule has 1 heterocycles. The Hall–Kier alpha value is -3.51. The Morgan fingerprint density at radius 1 is 0.979 bits per heavy atom. The molecule has 0 saturated carbocycles. The highest BCUT2D eigenvalue weighted by Crippen LogP contribution is 2.33. The number of carbonyl (C=O) groups is 3. The number of hydrogen-bond acceptors (Lipinski definition) is 8. The summed E-state index contributed by atoms with van der Waals surface area (Å²) in [5.41, 5.74) is 9.09. The molecule has 1 aliphatic carbocycles. The van der Waals surface area contributed by atoms with Crippen LogP contribution in [-0.4, -0.2) is 87.4 Å². The van der Waals surface area contributed by atoms with Crippen molar-refractivity contribution in [3.05, 3.63) is 64.7 Å². The zero-order valence-electron chi connectivity index (χ0n) is 28.6. The van der Waals surface area contributed by atoms with E-state index >= 15 is 0 Å². The quantitative estimate of drug-likeness (QED) is 0.215. The first kappa shape index (κ1) is 36.3. The highest BCUT2D eigenvalue weighted by molar-refractivity contribution is 5.94. The van der Waals surface area contributed by atoms with Gasteiger partial charge in [-0.2, -0.15) is 0 Å². The lowest BCUT2D eigenvalue weighted by Gasteiger charge is -2.41. The molecule has 0 spiro atoms. The van der Waals surface area contributed by atoms with E-state index in [1.165, 1.54) is 5.56 Å². The minimum absolute atomic E-state index is 0.120. The van der Waals surface area contributed by atoms with Crippen LogP contribution in [0.2, 0.25) is 0 Å². The summed E-state index contributed by atoms with van der Waals surface area (Å²) in [5, 5.41) is 9.20. The van der Waals surface area contributed by atoms with Crippen molar-refractivity contribution >= 4 is 17.7 Å². The van der Waals surface area contributed by atoms with E-state index in [4.69, 9.17) is 19.9 Å². The van der Waals surface area contributed by atoms with E-state index in [0.29, 0.717) is 51.7 Å². The molecule has 0 aromatic heterocycles. The first-order chi connectivity index (χ1) is 22.5. The molecule has 11 nitrogen and oxygen atoms in total. The van der Waals surface area contributed by atoms with Crippen molar-refractivity contribution in [2.24, 2.45) is 11.1 Å². The van der Waals surface area contributed by atoms with Crippen molar-refractivity contribution in [2.75, 3.05) is 46.6 Å². The predicted molar refractivity (Wildman–Crippen MR) is 181 cm³/mol. The van der Waals surface area contributed by atoms with Crippen molar-refractivity contribution in [3.8, 4) is 5.75 Å². The molecule has 2 aliphatic rings. The number of carbonyl (C=O) groups excluding carboxylic acids is 3. The summed E-state index contributed by atoms with van der Waals surface area (Å²) >= 11 is 0. The third kappa shape index (κ3) is 9.76. The largest absolute Gasteiger partial charge is 0.491 e. The van der Waals surface area contributed by atoms with Gasteiger partial charge in [-0.25, -0.2) is 0 Å². The van der Waals surface area contributed by atoms with Crippen molar-refractivity contribution < 1.29 is 28.6 Å². The molecule has 1 aliphatic heterocycles. The Morgan fingerprint density at radius 2 is 1.70 bits per heavy atom. The van der Waals surface area contributed by atoms with E-state index in [9.17, 15) is 14.4 Å². The van der Waals surface area contributed by atoms with Crippen LogP contribution in [0.25, 0.3) is 0 Å². The first-order valence-corrected chi connectivity index (χ1v) is 16.8. The normalized spacial score (nSPS) is 18.8. The second-order valence-electron chi connectivity index (χ2n) is 13.4. The van der Waals surface area contributed by atoms with Gasteiger partial charge in [0.15, 0.2) is 0 Å². The van der Waals surface area contributed by atoms with Gasteiger partial charge >= 0.3 is 0 Å². The van der Waals surface area contributed by atoms with Crippen molar-refractivity contribution in [3.63, 3.8) is 0 Å². The summed E-state index contributed by atoms with van der Waals surface area (Å²) in [6.07, 6.45) is 3.16. The Kier molecular flexibility index (Phi) is 13.2. The van der Waals surface area contributed by atoms with Gasteiger partial charge in [0.25, 0.3) is 0 Å². The molecule has 4 atom stereocenters. The Balaban J connectivity index is 1.55. The van der Waals surface area contributed by atoms with E-state index < -0.39 is 23.5 Å². The maximum Gasteiger partial charge on any atom is 0.246 e. The fourth-order valence-corrected chi connectivity index (χ4v) is 6.12. The molecule has 3 amide bonds. The number of rotatable bonds is 15. The second kappa shape index (κ2) is 17.1. The van der Waals surface area contributed by atoms with Gasteiger partial charge in [-0.3, -0.25) is 14.4 Å². The maximum atomic E-state index is 14.5. The standard InChI is InChI=1S/C36H53N5O6/c1-24(38-5)33(42)40-32(36(2,3)4)35(44)41-23-27-21-28(47-20-19-46-18-17-45-16-15-37)14-13-26(27)22-31(41)34(43)39-30-12-8-10-25-9-6-7-11-29(25)30/h6-7,9,11,13-14,21,24,30-32,38H,8,10,12,15-20,22-23,37H2,1-5H3,(H,39,43)(H,40,42)/t24-,30+,31-,32+/m0/s1. The zero-order valence-corrected chi connectivity index (χ0v) is 28.6. The van der Waals surface area contributed by atoms with Crippen molar-refractivity contribution in [2.45, 2.75) is 84.1 Å². The van der Waals surface area contributed by atoms with Gasteiger partial charge in [0.2, 0.25) is 17.7 Å². The first-order valence-electron chi connectivity index (χ1n) is 16.8. The number of benzene rings is 2. The van der Waals surface area contributed by atoms with Crippen LogP contribution in [-0.2, 0) is 43.2 Å². The van der Waals surface area contributed by atoms with Gasteiger partial charge in [-0.1, -0.05) is 51.1 Å². The van der Waals surface area contributed by atoms with Crippen LogP contribution in [0, 0.1) is 5.41 Å². The predicted octanol–water partition coefficient (Wildman–Crippen LogP) is 2.64. The van der Waals surface area contributed by atoms with Gasteiger partial charge in [0.05, 0.1) is 38.5 Å². The number of hydrogen-bond donors (Lipinski definition) is 4. The van der Waals surface area contributed by atoms with Gasteiger partial charge in [-0.15, -0.1) is 0 Å². The molecule has 47 heavy (non-hydrogen) atoms. The van der Waals surface area contributed by atoms with E-state index in [1.54, 1.807) is 18.9 Å². The number of nitrogens with one attached hydrogen (secondary N) is 3. The molecular weight excluding hydrogens is 598 g/mol. The number of aryl methyl sites for hydroxylation is 1. The third-order valence-corrected chi connectivity index (χ3v) is 8.94. The Bertz CT molecular complexity index is 1360. The van der Waals surface area contributed by atoms with Gasteiger partial charge in [0, 0.05) is 19.5 Å². The average molecular weight is 652 g/mol. The van der Waals surface area contributed by atoms with E-state index in [1.807, 2.05) is 51.1 Å². The van der Waals surface area contributed by atoms with Gasteiger partial charge < -0.3 is 40.8 Å². The molecule has 2 aromatic carbocycles. The zero-order chi connectivity index (χ0) is 34.0. The van der Waals surface area contributed by atoms with Crippen LogP contribution >= 0.6 is 0 Å². The molecule has 258 valence electrons. The summed E-state index contributed by atoms with van der Waals surface area (Å²) in [4.78, 5) is 43.3. The molecule has 0 bridgehead atoms. The van der Waals surface area contributed by atoms with Crippen LogP contribution in [0.3, 0.4) is 0 Å². The number of fused-ring (bicyclic) bond motifs is 2. The molecule has 0 unspecified atom stereocenters. The lowest BCUT2D eigenvalue weighted by atomic mass is 9.83. The lowest BCUT2D eigenvalue weighted by Crippen LogP contribution is -2.62. The fourth-order valence-electron chi connectivity index (χ4n) is 6.12. The van der Waals surface area contributed by atoms with Crippen LogP contribution in [0.15, 0.2) is 42.5 Å². The minimum atomic E-state index is -0.844. The average Bonchev–Trinajstić information content (AvgIpc) is 3.06. The highest BCUT2D eigenvalue weighted by Gasteiger charge is 2.43. The maximum absolute atomic E-state index is 14.5. The van der Waals surface area contributed by atoms with Crippen LogP contribution < -0.4 is 26.4 Å². The molecule has 0 radical (unpaired) electrons. The third-order valence-electron chi connectivity index (χ3n) is 8.94. The number of amides is 3. The SMILES string of the molecule is CN[C@@H](C)C(=O)N[C@H](C(=O)N1Cc2cc(OCCOCCOCCN)ccc2C[C@H]1C(=O)N[C@@H]1CCCc2ccccc21)C(C)(C)C. The Morgan fingerprint density at radius 3 is 2.43 bits per heavy atom. The fraction of sp³-hybridized carbons (Fsp3) is 0.583. The summed E-state index contributed by atoms with van der Waals surface area (Å²) in [6.45, 7) is 10.4. The Labute approximate surface area is 279 Å². The lowest BCUT2D eigenvalue weighted by molar-refractivity contribution is -0.147. The van der Waals surface area contributed by atoms with Crippen molar-refractivity contribution in [1.29, 1.82) is 0 Å². The molecule has 0 saturated heterocycles. The van der Waals surface area contributed by atoms with Gasteiger partial charge in [0.1, 0.15) is 24.4 Å². The second-order valence-corrected chi connectivity index (χ2v) is 13.4. The number of nitrogens with two attached hydrogens (primary N) is 1. The molecule has 5 N–H and O–H groups in total. The smallest absolute Gasteiger partial charge is 0.246 e.